The number of anilines is 1. The Morgan fingerprint density at radius 3 is 2.43 bits per heavy atom. The molecule has 1 N–H and O–H groups in total. The highest BCUT2D eigenvalue weighted by Gasteiger charge is 2.35. The number of hydrogen-bond donors (Lipinski definition) is 1. The van der Waals surface area contributed by atoms with Crippen molar-refractivity contribution in [3.8, 4) is 0 Å². The summed E-state index contributed by atoms with van der Waals surface area (Å²) < 4.78 is 0. The molecule has 1 atom stereocenters. The van der Waals surface area contributed by atoms with Gasteiger partial charge in [0.1, 0.15) is 0 Å². The standard InChI is InChI=1S/C18H28N2O/c1-2-17(21)16-7-6-15(14-19-16)20-12-10-18(11-13-20)8-4-3-5-9-18/h6-7,14,17,21H,2-5,8-13H2,1H3. The van der Waals surface area contributed by atoms with Crippen LogP contribution >= 0.6 is 0 Å². The number of aliphatic hydroxyl groups is 1. The fourth-order valence-corrected chi connectivity index (χ4v) is 4.03. The van der Waals surface area contributed by atoms with E-state index in [-0.39, 0.29) is 0 Å². The van der Waals surface area contributed by atoms with Crippen molar-refractivity contribution in [2.45, 2.75) is 64.4 Å². The van der Waals surface area contributed by atoms with Gasteiger partial charge in [-0.3, -0.25) is 4.98 Å². The van der Waals surface area contributed by atoms with Crippen molar-refractivity contribution in [2.75, 3.05) is 18.0 Å². The lowest BCUT2D eigenvalue weighted by Crippen LogP contribution is -2.41. The van der Waals surface area contributed by atoms with Crippen LogP contribution < -0.4 is 4.90 Å². The van der Waals surface area contributed by atoms with Crippen molar-refractivity contribution in [3.63, 3.8) is 0 Å². The summed E-state index contributed by atoms with van der Waals surface area (Å²) in [5.41, 5.74) is 2.66. The van der Waals surface area contributed by atoms with Crippen molar-refractivity contribution < 1.29 is 5.11 Å². The molecule has 2 aliphatic rings. The maximum Gasteiger partial charge on any atom is 0.0957 e. The van der Waals surface area contributed by atoms with Crippen LogP contribution in [0.2, 0.25) is 0 Å². The minimum Gasteiger partial charge on any atom is -0.387 e. The van der Waals surface area contributed by atoms with Gasteiger partial charge in [-0.05, 0) is 49.7 Å². The highest BCUT2D eigenvalue weighted by atomic mass is 16.3. The molecule has 0 amide bonds. The molecule has 1 aliphatic carbocycles. The second-order valence-electron chi connectivity index (χ2n) is 6.91. The van der Waals surface area contributed by atoms with E-state index >= 15 is 0 Å². The van der Waals surface area contributed by atoms with E-state index in [0.29, 0.717) is 5.41 Å². The van der Waals surface area contributed by atoms with Crippen LogP contribution in [0.1, 0.15) is 70.1 Å². The molecule has 2 fully saturated rings. The lowest BCUT2D eigenvalue weighted by Gasteiger charge is -2.45. The molecule has 1 spiro atoms. The Balaban J connectivity index is 1.61. The highest BCUT2D eigenvalue weighted by Crippen LogP contribution is 2.45. The second kappa shape index (κ2) is 6.35. The third kappa shape index (κ3) is 3.23. The van der Waals surface area contributed by atoms with E-state index < -0.39 is 6.10 Å². The van der Waals surface area contributed by atoms with E-state index in [1.54, 1.807) is 0 Å². The van der Waals surface area contributed by atoms with Crippen LogP contribution in [-0.4, -0.2) is 23.2 Å². The lowest BCUT2D eigenvalue weighted by atomic mass is 9.68. The van der Waals surface area contributed by atoms with Gasteiger partial charge in [-0.25, -0.2) is 0 Å². The van der Waals surface area contributed by atoms with Gasteiger partial charge in [0.15, 0.2) is 0 Å². The van der Waals surface area contributed by atoms with Gasteiger partial charge in [0.05, 0.1) is 23.7 Å². The predicted octanol–water partition coefficient (Wildman–Crippen LogP) is 4.08. The van der Waals surface area contributed by atoms with Crippen LogP contribution in [0.4, 0.5) is 5.69 Å². The van der Waals surface area contributed by atoms with Gasteiger partial charge in [-0.15, -0.1) is 0 Å². The van der Waals surface area contributed by atoms with Gasteiger partial charge in [0, 0.05) is 13.1 Å². The molecular formula is C18H28N2O. The number of piperidine rings is 1. The molecule has 1 aromatic rings. The van der Waals surface area contributed by atoms with Crippen LogP contribution in [0.25, 0.3) is 0 Å². The summed E-state index contributed by atoms with van der Waals surface area (Å²) in [5, 5.41) is 9.82. The van der Waals surface area contributed by atoms with Crippen LogP contribution in [0.15, 0.2) is 18.3 Å². The Hall–Kier alpha value is -1.09. The molecule has 1 saturated carbocycles. The van der Waals surface area contributed by atoms with Crippen LogP contribution in [0.3, 0.4) is 0 Å². The van der Waals surface area contributed by atoms with Crippen LogP contribution in [0.5, 0.6) is 0 Å². The normalized spacial score (nSPS) is 23.2. The first-order valence-corrected chi connectivity index (χ1v) is 8.61. The first kappa shape index (κ1) is 14.8. The van der Waals surface area contributed by atoms with Gasteiger partial charge in [-0.1, -0.05) is 26.2 Å². The summed E-state index contributed by atoms with van der Waals surface area (Å²) in [5.74, 6) is 0. The fourth-order valence-electron chi connectivity index (χ4n) is 4.03. The van der Waals surface area contributed by atoms with Gasteiger partial charge in [-0.2, -0.15) is 0 Å². The molecule has 21 heavy (non-hydrogen) atoms. The zero-order valence-corrected chi connectivity index (χ0v) is 13.2. The molecule has 3 heteroatoms. The number of hydrogen-bond acceptors (Lipinski definition) is 3. The molecule has 2 heterocycles. The topological polar surface area (TPSA) is 36.4 Å². The largest absolute Gasteiger partial charge is 0.387 e. The summed E-state index contributed by atoms with van der Waals surface area (Å²) in [4.78, 5) is 6.90. The maximum absolute atomic E-state index is 9.82. The molecular weight excluding hydrogens is 260 g/mol. The molecule has 0 bridgehead atoms. The van der Waals surface area contributed by atoms with E-state index in [2.05, 4.69) is 16.0 Å². The number of aliphatic hydroxyl groups excluding tert-OH is 1. The number of pyridine rings is 1. The van der Waals surface area contributed by atoms with E-state index in [9.17, 15) is 5.11 Å². The monoisotopic (exact) mass is 288 g/mol. The van der Waals surface area contributed by atoms with E-state index in [0.717, 1.165) is 25.2 Å². The summed E-state index contributed by atoms with van der Waals surface area (Å²) >= 11 is 0. The van der Waals surface area contributed by atoms with Gasteiger partial charge < -0.3 is 10.0 Å². The lowest BCUT2D eigenvalue weighted by molar-refractivity contribution is 0.144. The van der Waals surface area contributed by atoms with Crippen LogP contribution in [0, 0.1) is 5.41 Å². The Bertz CT molecular complexity index is 441. The van der Waals surface area contributed by atoms with Crippen molar-refractivity contribution in [1.29, 1.82) is 0 Å². The van der Waals surface area contributed by atoms with Crippen molar-refractivity contribution >= 4 is 5.69 Å². The molecule has 1 aromatic heterocycles. The van der Waals surface area contributed by atoms with E-state index in [1.165, 1.54) is 50.6 Å². The molecule has 1 unspecified atom stereocenters. The number of aromatic nitrogens is 1. The smallest absolute Gasteiger partial charge is 0.0957 e. The molecule has 116 valence electrons. The molecule has 3 rings (SSSR count). The van der Waals surface area contributed by atoms with Crippen molar-refractivity contribution in [3.05, 3.63) is 24.0 Å². The van der Waals surface area contributed by atoms with Gasteiger partial charge in [0.2, 0.25) is 0 Å². The summed E-state index contributed by atoms with van der Waals surface area (Å²) in [7, 11) is 0. The predicted molar refractivity (Wildman–Crippen MR) is 86.5 cm³/mol. The quantitative estimate of drug-likeness (QED) is 0.910. The fraction of sp³-hybridized carbons (Fsp3) is 0.722. The third-order valence-electron chi connectivity index (χ3n) is 5.60. The van der Waals surface area contributed by atoms with Gasteiger partial charge in [0.25, 0.3) is 0 Å². The zero-order valence-electron chi connectivity index (χ0n) is 13.2. The average molecular weight is 288 g/mol. The van der Waals surface area contributed by atoms with E-state index in [4.69, 9.17) is 0 Å². The van der Waals surface area contributed by atoms with E-state index in [1.807, 2.05) is 19.2 Å². The SMILES string of the molecule is CCC(O)c1ccc(N2CCC3(CCCCC3)CC2)cn1. The average Bonchev–Trinajstić information content (AvgIpc) is 2.56. The van der Waals surface area contributed by atoms with Crippen LogP contribution in [-0.2, 0) is 0 Å². The Labute approximate surface area is 128 Å². The Kier molecular flexibility index (Phi) is 4.48. The zero-order chi connectivity index (χ0) is 14.7. The first-order chi connectivity index (χ1) is 10.2. The molecule has 1 saturated heterocycles. The Morgan fingerprint density at radius 1 is 1.14 bits per heavy atom. The molecule has 1 aliphatic heterocycles. The molecule has 0 radical (unpaired) electrons. The summed E-state index contributed by atoms with van der Waals surface area (Å²) in [6.45, 7) is 4.31. The maximum atomic E-state index is 9.82. The van der Waals surface area contributed by atoms with Crippen molar-refractivity contribution in [2.24, 2.45) is 5.41 Å². The molecule has 0 aromatic carbocycles. The highest BCUT2D eigenvalue weighted by molar-refractivity contribution is 5.45. The summed E-state index contributed by atoms with van der Waals surface area (Å²) in [6, 6.07) is 4.11. The number of rotatable bonds is 3. The van der Waals surface area contributed by atoms with Gasteiger partial charge >= 0.3 is 0 Å². The minimum atomic E-state index is -0.425. The third-order valence-corrected chi connectivity index (χ3v) is 5.60. The minimum absolute atomic E-state index is 0.425. The Morgan fingerprint density at radius 2 is 1.86 bits per heavy atom. The van der Waals surface area contributed by atoms with Crippen molar-refractivity contribution in [1.82, 2.24) is 4.98 Å². The first-order valence-electron chi connectivity index (χ1n) is 8.61. The number of nitrogens with zero attached hydrogens (tertiary/aromatic N) is 2. The molecule has 3 nitrogen and oxygen atoms in total. The second-order valence-corrected chi connectivity index (χ2v) is 6.91. The summed E-state index contributed by atoms with van der Waals surface area (Å²) in [6.07, 6.45) is 12.1.